The first-order valence-electron chi connectivity index (χ1n) is 4.82. The van der Waals surface area contributed by atoms with E-state index in [4.69, 9.17) is 11.6 Å². The maximum atomic E-state index is 11.7. The molecule has 2 rings (SSSR count). The Bertz CT molecular complexity index is 552. The molecule has 2 heterocycles. The summed E-state index contributed by atoms with van der Waals surface area (Å²) in [7, 11) is 0. The molecular weight excluding hydrogens is 238 g/mol. The second kappa shape index (κ2) is 4.48. The minimum Gasteiger partial charge on any atom is -0.368 e. The molecule has 17 heavy (non-hydrogen) atoms. The SMILES string of the molecule is Cc1nc(N)nc(-c2cccs2)c1C(=O)NN. The summed E-state index contributed by atoms with van der Waals surface area (Å²) < 4.78 is 0. The van der Waals surface area contributed by atoms with Crippen LogP contribution in [0, 0.1) is 6.92 Å². The summed E-state index contributed by atoms with van der Waals surface area (Å²) in [5.74, 6) is 4.86. The normalized spacial score (nSPS) is 10.2. The summed E-state index contributed by atoms with van der Waals surface area (Å²) in [6, 6.07) is 3.73. The third-order valence-electron chi connectivity index (χ3n) is 2.22. The van der Waals surface area contributed by atoms with E-state index < -0.39 is 5.91 Å². The van der Waals surface area contributed by atoms with Crippen LogP contribution in [0.2, 0.25) is 0 Å². The fraction of sp³-hybridized carbons (Fsp3) is 0.100. The lowest BCUT2D eigenvalue weighted by Crippen LogP contribution is -2.31. The second-order valence-corrected chi connectivity index (χ2v) is 4.29. The lowest BCUT2D eigenvalue weighted by Gasteiger charge is -2.09. The van der Waals surface area contributed by atoms with Crippen molar-refractivity contribution in [2.24, 2.45) is 5.84 Å². The van der Waals surface area contributed by atoms with Crippen molar-refractivity contribution in [3.8, 4) is 10.6 Å². The smallest absolute Gasteiger partial charge is 0.269 e. The molecule has 2 aromatic heterocycles. The van der Waals surface area contributed by atoms with E-state index in [9.17, 15) is 4.79 Å². The molecule has 0 radical (unpaired) electrons. The van der Waals surface area contributed by atoms with Gasteiger partial charge < -0.3 is 5.73 Å². The molecule has 88 valence electrons. The number of carbonyl (C=O) groups is 1. The third-order valence-corrected chi connectivity index (χ3v) is 3.10. The molecule has 0 atom stereocenters. The van der Waals surface area contributed by atoms with Crippen LogP contribution in [-0.4, -0.2) is 15.9 Å². The first-order chi connectivity index (χ1) is 8.13. The highest BCUT2D eigenvalue weighted by molar-refractivity contribution is 7.13. The number of nitrogen functional groups attached to an aromatic ring is 2. The quantitative estimate of drug-likeness (QED) is 0.412. The lowest BCUT2D eigenvalue weighted by atomic mass is 10.1. The monoisotopic (exact) mass is 249 g/mol. The molecule has 6 nitrogen and oxygen atoms in total. The van der Waals surface area contributed by atoms with Crippen LogP contribution >= 0.6 is 11.3 Å². The number of hydrogen-bond donors (Lipinski definition) is 3. The Balaban J connectivity index is 2.68. The van der Waals surface area contributed by atoms with Crippen molar-refractivity contribution in [3.63, 3.8) is 0 Å². The zero-order valence-corrected chi connectivity index (χ0v) is 9.91. The minimum absolute atomic E-state index is 0.138. The average Bonchev–Trinajstić information content (AvgIpc) is 2.80. The van der Waals surface area contributed by atoms with E-state index in [1.54, 1.807) is 6.92 Å². The van der Waals surface area contributed by atoms with Gasteiger partial charge in [0.2, 0.25) is 5.95 Å². The van der Waals surface area contributed by atoms with Gasteiger partial charge in [0.25, 0.3) is 5.91 Å². The number of aromatic nitrogens is 2. The van der Waals surface area contributed by atoms with E-state index in [0.29, 0.717) is 17.0 Å². The molecule has 0 saturated heterocycles. The Labute approximate surface area is 102 Å². The summed E-state index contributed by atoms with van der Waals surface area (Å²) in [6.45, 7) is 1.69. The number of anilines is 1. The molecule has 0 aliphatic heterocycles. The van der Waals surface area contributed by atoms with Gasteiger partial charge in [0.1, 0.15) is 0 Å². The first-order valence-corrected chi connectivity index (χ1v) is 5.70. The fourth-order valence-corrected chi connectivity index (χ4v) is 2.25. The van der Waals surface area contributed by atoms with Crippen LogP contribution in [0.1, 0.15) is 16.1 Å². The number of hydrazine groups is 1. The molecule has 2 aromatic rings. The Morgan fingerprint density at radius 1 is 1.47 bits per heavy atom. The maximum absolute atomic E-state index is 11.7. The number of carbonyl (C=O) groups excluding carboxylic acids is 1. The maximum Gasteiger partial charge on any atom is 0.269 e. The van der Waals surface area contributed by atoms with Gasteiger partial charge in [-0.25, -0.2) is 15.8 Å². The number of nitrogens with one attached hydrogen (secondary N) is 1. The van der Waals surface area contributed by atoms with Crippen LogP contribution in [-0.2, 0) is 0 Å². The molecule has 0 bridgehead atoms. The first kappa shape index (κ1) is 11.5. The standard InChI is InChI=1S/C10H11N5OS/c1-5-7(9(16)15-12)8(14-10(11)13-5)6-3-2-4-17-6/h2-4H,12H2,1H3,(H,15,16)(H2,11,13,14). The number of hydrogen-bond acceptors (Lipinski definition) is 6. The van der Waals surface area contributed by atoms with Crippen LogP contribution in [0.4, 0.5) is 5.95 Å². The molecule has 0 spiro atoms. The summed E-state index contributed by atoms with van der Waals surface area (Å²) in [6.07, 6.45) is 0. The highest BCUT2D eigenvalue weighted by atomic mass is 32.1. The fourth-order valence-electron chi connectivity index (χ4n) is 1.53. The number of thiophene rings is 1. The molecule has 0 aromatic carbocycles. The van der Waals surface area contributed by atoms with Gasteiger partial charge in [-0.1, -0.05) is 6.07 Å². The van der Waals surface area contributed by atoms with Crippen molar-refractivity contribution in [2.75, 3.05) is 5.73 Å². The van der Waals surface area contributed by atoms with Crippen molar-refractivity contribution in [1.29, 1.82) is 0 Å². The molecule has 5 N–H and O–H groups in total. The van der Waals surface area contributed by atoms with Crippen LogP contribution in [0.5, 0.6) is 0 Å². The molecule has 0 fully saturated rings. The Kier molecular flexibility index (Phi) is 3.03. The zero-order valence-electron chi connectivity index (χ0n) is 9.10. The van der Waals surface area contributed by atoms with Crippen molar-refractivity contribution in [2.45, 2.75) is 6.92 Å². The van der Waals surface area contributed by atoms with Crippen molar-refractivity contribution in [1.82, 2.24) is 15.4 Å². The Morgan fingerprint density at radius 3 is 2.82 bits per heavy atom. The van der Waals surface area contributed by atoms with E-state index in [1.807, 2.05) is 17.5 Å². The van der Waals surface area contributed by atoms with E-state index in [-0.39, 0.29) is 5.95 Å². The largest absolute Gasteiger partial charge is 0.368 e. The van der Waals surface area contributed by atoms with Crippen LogP contribution in [0.25, 0.3) is 10.6 Å². The number of nitrogens with two attached hydrogens (primary N) is 2. The summed E-state index contributed by atoms with van der Waals surface area (Å²) in [5.41, 5.74) is 9.05. The van der Waals surface area contributed by atoms with Gasteiger partial charge in [-0.15, -0.1) is 11.3 Å². The number of amides is 1. The highest BCUT2D eigenvalue weighted by Crippen LogP contribution is 2.27. The van der Waals surface area contributed by atoms with Crippen LogP contribution in [0.15, 0.2) is 17.5 Å². The van der Waals surface area contributed by atoms with E-state index in [1.165, 1.54) is 11.3 Å². The molecule has 0 aliphatic rings. The molecule has 1 amide bonds. The van der Waals surface area contributed by atoms with Gasteiger partial charge >= 0.3 is 0 Å². The van der Waals surface area contributed by atoms with Gasteiger partial charge in [0.05, 0.1) is 21.8 Å². The predicted octanol–water partition coefficient (Wildman–Crippen LogP) is 0.699. The lowest BCUT2D eigenvalue weighted by molar-refractivity contribution is 0.0953. The Hall–Kier alpha value is -1.99. The van der Waals surface area contributed by atoms with Crippen molar-refractivity contribution >= 4 is 23.2 Å². The van der Waals surface area contributed by atoms with Crippen LogP contribution < -0.4 is 17.0 Å². The zero-order chi connectivity index (χ0) is 12.4. The third kappa shape index (κ3) is 2.10. The minimum atomic E-state index is -0.425. The topological polar surface area (TPSA) is 107 Å². The van der Waals surface area contributed by atoms with E-state index >= 15 is 0 Å². The molecule has 0 unspecified atom stereocenters. The summed E-state index contributed by atoms with van der Waals surface area (Å²) in [5, 5.41) is 1.90. The number of rotatable bonds is 2. The Morgan fingerprint density at radius 2 is 2.24 bits per heavy atom. The number of aryl methyl sites for hydroxylation is 1. The molecule has 0 aliphatic carbocycles. The highest BCUT2D eigenvalue weighted by Gasteiger charge is 2.19. The average molecular weight is 249 g/mol. The van der Waals surface area contributed by atoms with Crippen molar-refractivity contribution < 1.29 is 4.79 Å². The summed E-state index contributed by atoms with van der Waals surface area (Å²) in [4.78, 5) is 20.6. The van der Waals surface area contributed by atoms with Gasteiger partial charge in [-0.3, -0.25) is 10.2 Å². The number of nitrogens with zero attached hydrogens (tertiary/aromatic N) is 2. The van der Waals surface area contributed by atoms with Gasteiger partial charge in [0.15, 0.2) is 0 Å². The van der Waals surface area contributed by atoms with Crippen molar-refractivity contribution in [3.05, 3.63) is 28.8 Å². The van der Waals surface area contributed by atoms with E-state index in [2.05, 4.69) is 15.4 Å². The molecule has 7 heteroatoms. The predicted molar refractivity (Wildman–Crippen MR) is 66.1 cm³/mol. The van der Waals surface area contributed by atoms with Gasteiger partial charge in [-0.05, 0) is 18.4 Å². The molecular formula is C10H11N5OS. The van der Waals surface area contributed by atoms with Gasteiger partial charge in [-0.2, -0.15) is 0 Å². The second-order valence-electron chi connectivity index (χ2n) is 3.34. The molecule has 0 saturated carbocycles. The van der Waals surface area contributed by atoms with Crippen LogP contribution in [0.3, 0.4) is 0 Å². The van der Waals surface area contributed by atoms with Gasteiger partial charge in [0, 0.05) is 0 Å². The summed E-state index contributed by atoms with van der Waals surface area (Å²) >= 11 is 1.47. The van der Waals surface area contributed by atoms with E-state index in [0.717, 1.165) is 4.88 Å².